The first-order valence-electron chi connectivity index (χ1n) is 3.71. The average molecular weight is 154 g/mol. The second-order valence-electron chi connectivity index (χ2n) is 2.21. The molecule has 0 fully saturated rings. The summed E-state index contributed by atoms with van der Waals surface area (Å²) >= 11 is 0. The SMILES string of the molecule is C#CC(=O)CCCNCCN. The van der Waals surface area contributed by atoms with Crippen LogP contribution in [0.25, 0.3) is 0 Å². The summed E-state index contributed by atoms with van der Waals surface area (Å²) < 4.78 is 0. The molecule has 62 valence electrons. The number of nitrogens with two attached hydrogens (primary N) is 1. The monoisotopic (exact) mass is 154 g/mol. The Bertz CT molecular complexity index is 149. The van der Waals surface area contributed by atoms with Crippen LogP contribution in [0.4, 0.5) is 0 Å². The number of carbonyl (C=O) groups excluding carboxylic acids is 1. The van der Waals surface area contributed by atoms with Gasteiger partial charge in [0.1, 0.15) is 0 Å². The lowest BCUT2D eigenvalue weighted by atomic mass is 10.2. The van der Waals surface area contributed by atoms with E-state index in [-0.39, 0.29) is 5.78 Å². The molecule has 11 heavy (non-hydrogen) atoms. The van der Waals surface area contributed by atoms with Crippen molar-refractivity contribution in [1.29, 1.82) is 0 Å². The quantitative estimate of drug-likeness (QED) is 0.308. The van der Waals surface area contributed by atoms with Crippen molar-refractivity contribution in [2.75, 3.05) is 19.6 Å². The fourth-order valence-electron chi connectivity index (χ4n) is 0.673. The predicted octanol–water partition coefficient (Wildman–Crippen LogP) is -0.483. The maximum atomic E-state index is 10.6. The molecule has 0 aliphatic carbocycles. The van der Waals surface area contributed by atoms with Crippen molar-refractivity contribution in [3.05, 3.63) is 0 Å². The normalized spacial score (nSPS) is 9.09. The first-order chi connectivity index (χ1) is 5.31. The molecule has 0 aromatic carbocycles. The van der Waals surface area contributed by atoms with Crippen molar-refractivity contribution in [3.8, 4) is 12.3 Å². The molecule has 0 aromatic rings. The van der Waals surface area contributed by atoms with Crippen molar-refractivity contribution < 1.29 is 4.79 Å². The van der Waals surface area contributed by atoms with Crippen LogP contribution in [0, 0.1) is 12.3 Å². The molecule has 0 spiro atoms. The molecule has 0 aromatic heterocycles. The van der Waals surface area contributed by atoms with Gasteiger partial charge in [-0.15, -0.1) is 6.42 Å². The molecule has 0 amide bonds. The Morgan fingerprint density at radius 1 is 1.55 bits per heavy atom. The van der Waals surface area contributed by atoms with Gasteiger partial charge in [-0.25, -0.2) is 0 Å². The Morgan fingerprint density at radius 2 is 2.27 bits per heavy atom. The molecular formula is C8H14N2O. The van der Waals surface area contributed by atoms with E-state index < -0.39 is 0 Å². The van der Waals surface area contributed by atoms with Crippen LogP contribution in [0.2, 0.25) is 0 Å². The van der Waals surface area contributed by atoms with E-state index in [4.69, 9.17) is 12.2 Å². The summed E-state index contributed by atoms with van der Waals surface area (Å²) in [6, 6.07) is 0. The van der Waals surface area contributed by atoms with Crippen LogP contribution >= 0.6 is 0 Å². The van der Waals surface area contributed by atoms with Gasteiger partial charge in [0.05, 0.1) is 0 Å². The highest BCUT2D eigenvalue weighted by atomic mass is 16.1. The molecule has 3 heteroatoms. The maximum Gasteiger partial charge on any atom is 0.205 e. The zero-order valence-corrected chi connectivity index (χ0v) is 6.60. The Kier molecular flexibility index (Phi) is 6.70. The topological polar surface area (TPSA) is 55.1 Å². The van der Waals surface area contributed by atoms with Gasteiger partial charge in [-0.1, -0.05) is 0 Å². The van der Waals surface area contributed by atoms with E-state index in [2.05, 4.69) is 11.2 Å². The summed E-state index contributed by atoms with van der Waals surface area (Å²) in [6.07, 6.45) is 6.13. The molecule has 0 radical (unpaired) electrons. The molecule has 0 saturated carbocycles. The van der Waals surface area contributed by atoms with Gasteiger partial charge in [0.15, 0.2) is 0 Å². The Labute approximate surface area is 67.3 Å². The third-order valence-corrected chi connectivity index (χ3v) is 1.24. The molecular weight excluding hydrogens is 140 g/mol. The summed E-state index contributed by atoms with van der Waals surface area (Å²) in [5.74, 6) is 1.94. The second-order valence-corrected chi connectivity index (χ2v) is 2.21. The highest BCUT2D eigenvalue weighted by Gasteiger charge is 1.94. The van der Waals surface area contributed by atoms with Crippen molar-refractivity contribution in [1.82, 2.24) is 5.32 Å². The minimum absolute atomic E-state index is 0.125. The molecule has 0 aliphatic rings. The van der Waals surface area contributed by atoms with Gasteiger partial charge in [0, 0.05) is 19.5 Å². The number of rotatable bonds is 6. The van der Waals surface area contributed by atoms with Gasteiger partial charge in [0.25, 0.3) is 0 Å². The highest BCUT2D eigenvalue weighted by molar-refractivity contribution is 5.94. The number of carbonyl (C=O) groups is 1. The second kappa shape index (κ2) is 7.26. The standard InChI is InChI=1S/C8H14N2O/c1-2-8(11)4-3-6-10-7-5-9/h1,10H,3-7,9H2. The van der Waals surface area contributed by atoms with E-state index >= 15 is 0 Å². The zero-order valence-electron chi connectivity index (χ0n) is 6.60. The van der Waals surface area contributed by atoms with Crippen LogP contribution in [-0.2, 0) is 4.79 Å². The molecule has 0 rings (SSSR count). The first kappa shape index (κ1) is 10.2. The fourth-order valence-corrected chi connectivity index (χ4v) is 0.673. The van der Waals surface area contributed by atoms with E-state index in [9.17, 15) is 4.79 Å². The summed E-state index contributed by atoms with van der Waals surface area (Å²) in [4.78, 5) is 10.6. The first-order valence-corrected chi connectivity index (χ1v) is 3.71. The molecule has 3 N–H and O–H groups in total. The number of terminal acetylenes is 1. The summed E-state index contributed by atoms with van der Waals surface area (Å²) in [6.45, 7) is 2.23. The Morgan fingerprint density at radius 3 is 2.82 bits per heavy atom. The Balaban J connectivity index is 3.03. The Hall–Kier alpha value is -0.850. The average Bonchev–Trinajstić information content (AvgIpc) is 2.04. The van der Waals surface area contributed by atoms with Gasteiger partial charge in [-0.3, -0.25) is 4.79 Å². The van der Waals surface area contributed by atoms with Crippen LogP contribution in [0.3, 0.4) is 0 Å². The van der Waals surface area contributed by atoms with Crippen LogP contribution in [0.15, 0.2) is 0 Å². The minimum atomic E-state index is -0.125. The third-order valence-electron chi connectivity index (χ3n) is 1.24. The lowest BCUT2D eigenvalue weighted by Gasteiger charge is -1.99. The largest absolute Gasteiger partial charge is 0.329 e. The van der Waals surface area contributed by atoms with E-state index in [0.717, 1.165) is 19.5 Å². The smallest absolute Gasteiger partial charge is 0.205 e. The van der Waals surface area contributed by atoms with Gasteiger partial charge in [-0.2, -0.15) is 0 Å². The third kappa shape index (κ3) is 7.04. The number of hydrogen-bond acceptors (Lipinski definition) is 3. The number of hydrogen-bond donors (Lipinski definition) is 2. The van der Waals surface area contributed by atoms with Crippen LogP contribution in [0.5, 0.6) is 0 Å². The number of nitrogens with one attached hydrogen (secondary N) is 1. The van der Waals surface area contributed by atoms with E-state index in [1.165, 1.54) is 0 Å². The lowest BCUT2D eigenvalue weighted by Crippen LogP contribution is -2.23. The van der Waals surface area contributed by atoms with Gasteiger partial charge >= 0.3 is 0 Å². The van der Waals surface area contributed by atoms with Crippen LogP contribution in [0.1, 0.15) is 12.8 Å². The molecule has 3 nitrogen and oxygen atoms in total. The highest BCUT2D eigenvalue weighted by Crippen LogP contribution is 1.86. The van der Waals surface area contributed by atoms with Crippen LogP contribution < -0.4 is 11.1 Å². The van der Waals surface area contributed by atoms with Crippen molar-refractivity contribution >= 4 is 5.78 Å². The summed E-state index contributed by atoms with van der Waals surface area (Å²) in [5, 5.41) is 3.07. The van der Waals surface area contributed by atoms with Crippen molar-refractivity contribution in [2.45, 2.75) is 12.8 Å². The molecule has 0 atom stereocenters. The molecule has 0 heterocycles. The molecule has 0 saturated heterocycles. The van der Waals surface area contributed by atoms with Crippen molar-refractivity contribution in [3.63, 3.8) is 0 Å². The van der Waals surface area contributed by atoms with Gasteiger partial charge in [0.2, 0.25) is 5.78 Å². The van der Waals surface area contributed by atoms with E-state index in [1.54, 1.807) is 0 Å². The number of Topliss-reactive ketones (excluding diaryl/α,β-unsaturated/α-hetero) is 1. The van der Waals surface area contributed by atoms with Gasteiger partial charge < -0.3 is 11.1 Å². The fraction of sp³-hybridized carbons (Fsp3) is 0.625. The predicted molar refractivity (Wildman–Crippen MR) is 45.0 cm³/mol. The number of ketones is 1. The molecule has 0 bridgehead atoms. The lowest BCUT2D eigenvalue weighted by molar-refractivity contribution is -0.113. The molecule has 0 unspecified atom stereocenters. The van der Waals surface area contributed by atoms with Crippen molar-refractivity contribution in [2.24, 2.45) is 5.73 Å². The summed E-state index contributed by atoms with van der Waals surface area (Å²) in [5.41, 5.74) is 5.23. The molecule has 0 aliphatic heterocycles. The zero-order chi connectivity index (χ0) is 8.53. The summed E-state index contributed by atoms with van der Waals surface area (Å²) in [7, 11) is 0. The minimum Gasteiger partial charge on any atom is -0.329 e. The van der Waals surface area contributed by atoms with Crippen LogP contribution in [-0.4, -0.2) is 25.4 Å². The van der Waals surface area contributed by atoms with E-state index in [0.29, 0.717) is 13.0 Å². The van der Waals surface area contributed by atoms with E-state index in [1.807, 2.05) is 0 Å². The maximum absolute atomic E-state index is 10.6. The van der Waals surface area contributed by atoms with Gasteiger partial charge in [-0.05, 0) is 18.9 Å².